The second-order valence-corrected chi connectivity index (χ2v) is 6.10. The summed E-state index contributed by atoms with van der Waals surface area (Å²) in [7, 11) is 1.76. The normalized spacial score (nSPS) is 21.1. The molecule has 126 valence electrons. The Balaban J connectivity index is 2.02. The van der Waals surface area contributed by atoms with Crippen molar-refractivity contribution in [3.8, 4) is 0 Å². The van der Waals surface area contributed by atoms with Crippen molar-refractivity contribution in [2.45, 2.75) is 32.4 Å². The molecule has 2 atom stereocenters. The Morgan fingerprint density at radius 2 is 2.17 bits per heavy atom. The summed E-state index contributed by atoms with van der Waals surface area (Å²) >= 11 is 0. The van der Waals surface area contributed by atoms with Crippen LogP contribution in [0.1, 0.15) is 35.8 Å². The van der Waals surface area contributed by atoms with Gasteiger partial charge in [-0.25, -0.2) is 0 Å². The number of pyridine rings is 1. The SMILES string of the molecule is Cc1cccnc1CN1C(=O)CC[C@H](C(=O)O)[C@H]1c1ccnn1C. The Morgan fingerprint density at radius 1 is 1.38 bits per heavy atom. The highest BCUT2D eigenvalue weighted by Crippen LogP contribution is 2.37. The highest BCUT2D eigenvalue weighted by atomic mass is 16.4. The van der Waals surface area contributed by atoms with Crippen molar-refractivity contribution in [1.29, 1.82) is 0 Å². The maximum Gasteiger partial charge on any atom is 0.309 e. The van der Waals surface area contributed by atoms with Gasteiger partial charge in [0.1, 0.15) is 0 Å². The predicted octanol–water partition coefficient (Wildman–Crippen LogP) is 1.69. The van der Waals surface area contributed by atoms with E-state index in [1.54, 1.807) is 35.1 Å². The number of aliphatic carboxylic acids is 1. The number of aryl methyl sites for hydroxylation is 2. The van der Waals surface area contributed by atoms with Crippen LogP contribution in [0.3, 0.4) is 0 Å². The fourth-order valence-electron chi connectivity index (χ4n) is 3.28. The summed E-state index contributed by atoms with van der Waals surface area (Å²) in [5.74, 6) is -1.60. The molecule has 1 N–H and O–H groups in total. The van der Waals surface area contributed by atoms with E-state index < -0.39 is 17.9 Å². The lowest BCUT2D eigenvalue weighted by Gasteiger charge is -2.39. The number of amides is 1. The summed E-state index contributed by atoms with van der Waals surface area (Å²) in [6, 6.07) is 5.01. The molecular weight excluding hydrogens is 308 g/mol. The van der Waals surface area contributed by atoms with E-state index in [0.717, 1.165) is 17.0 Å². The minimum Gasteiger partial charge on any atom is -0.481 e. The fraction of sp³-hybridized carbons (Fsp3) is 0.412. The van der Waals surface area contributed by atoms with Gasteiger partial charge in [0, 0.05) is 25.9 Å². The van der Waals surface area contributed by atoms with Crippen molar-refractivity contribution in [2.75, 3.05) is 0 Å². The van der Waals surface area contributed by atoms with Crippen LogP contribution in [0.25, 0.3) is 0 Å². The van der Waals surface area contributed by atoms with E-state index in [4.69, 9.17) is 0 Å². The van der Waals surface area contributed by atoms with Gasteiger partial charge in [0.05, 0.1) is 29.9 Å². The first-order valence-electron chi connectivity index (χ1n) is 7.89. The van der Waals surface area contributed by atoms with Crippen LogP contribution in [0.15, 0.2) is 30.6 Å². The van der Waals surface area contributed by atoms with Gasteiger partial charge in [0.2, 0.25) is 5.91 Å². The number of carbonyl (C=O) groups excluding carboxylic acids is 1. The van der Waals surface area contributed by atoms with Crippen molar-refractivity contribution in [2.24, 2.45) is 13.0 Å². The average Bonchev–Trinajstić information content (AvgIpc) is 2.96. The maximum atomic E-state index is 12.6. The van der Waals surface area contributed by atoms with Crippen LogP contribution in [0.2, 0.25) is 0 Å². The summed E-state index contributed by atoms with van der Waals surface area (Å²) in [6.45, 7) is 2.23. The van der Waals surface area contributed by atoms with Gasteiger partial charge < -0.3 is 10.0 Å². The standard InChI is InChI=1S/C17H20N4O3/c1-11-4-3-8-18-13(11)10-21-15(22)6-5-12(17(23)24)16(21)14-7-9-19-20(14)2/h3-4,7-9,12,16H,5-6,10H2,1-2H3,(H,23,24)/t12-,16-/m0/s1. The van der Waals surface area contributed by atoms with Gasteiger partial charge in [-0.1, -0.05) is 6.07 Å². The molecule has 3 heterocycles. The van der Waals surface area contributed by atoms with E-state index in [2.05, 4.69) is 10.1 Å². The molecule has 0 aliphatic carbocycles. The number of likely N-dealkylation sites (tertiary alicyclic amines) is 1. The number of hydrogen-bond donors (Lipinski definition) is 1. The molecule has 2 aromatic heterocycles. The largest absolute Gasteiger partial charge is 0.481 e. The first kappa shape index (κ1) is 16.2. The van der Waals surface area contributed by atoms with Gasteiger partial charge >= 0.3 is 5.97 Å². The Kier molecular flexibility index (Phi) is 4.33. The predicted molar refractivity (Wildman–Crippen MR) is 85.8 cm³/mol. The Labute approximate surface area is 139 Å². The molecule has 0 saturated carbocycles. The monoisotopic (exact) mass is 328 g/mol. The van der Waals surface area contributed by atoms with Crippen LogP contribution < -0.4 is 0 Å². The highest BCUT2D eigenvalue weighted by molar-refractivity contribution is 5.81. The summed E-state index contributed by atoms with van der Waals surface area (Å²) in [4.78, 5) is 30.3. The molecule has 3 rings (SSSR count). The lowest BCUT2D eigenvalue weighted by atomic mass is 9.86. The second-order valence-electron chi connectivity index (χ2n) is 6.10. The molecule has 0 aromatic carbocycles. The Morgan fingerprint density at radius 3 is 2.79 bits per heavy atom. The zero-order chi connectivity index (χ0) is 17.3. The quantitative estimate of drug-likeness (QED) is 0.922. The number of rotatable bonds is 4. The van der Waals surface area contributed by atoms with E-state index in [1.165, 1.54) is 0 Å². The lowest BCUT2D eigenvalue weighted by molar-refractivity contribution is -0.153. The molecular formula is C17H20N4O3. The minimum absolute atomic E-state index is 0.0521. The topological polar surface area (TPSA) is 88.3 Å². The zero-order valence-corrected chi connectivity index (χ0v) is 13.7. The van der Waals surface area contributed by atoms with Gasteiger partial charge in [-0.15, -0.1) is 0 Å². The third kappa shape index (κ3) is 2.89. The molecule has 7 heteroatoms. The summed E-state index contributed by atoms with van der Waals surface area (Å²) in [5, 5.41) is 13.8. The number of carboxylic acids is 1. The zero-order valence-electron chi connectivity index (χ0n) is 13.7. The summed E-state index contributed by atoms with van der Waals surface area (Å²) in [6.07, 6.45) is 3.88. The number of nitrogens with zero attached hydrogens (tertiary/aromatic N) is 4. The number of aromatic nitrogens is 3. The molecule has 0 unspecified atom stereocenters. The van der Waals surface area contributed by atoms with Crippen LogP contribution in [0.5, 0.6) is 0 Å². The van der Waals surface area contributed by atoms with Crippen LogP contribution in [-0.4, -0.2) is 36.6 Å². The number of hydrogen-bond acceptors (Lipinski definition) is 4. The molecule has 1 amide bonds. The second kappa shape index (κ2) is 6.43. The lowest BCUT2D eigenvalue weighted by Crippen LogP contribution is -2.45. The number of carboxylic acid groups (broad SMARTS) is 1. The van der Waals surface area contributed by atoms with Gasteiger partial charge in [-0.05, 0) is 31.0 Å². The van der Waals surface area contributed by atoms with Gasteiger partial charge in [0.15, 0.2) is 0 Å². The van der Waals surface area contributed by atoms with E-state index in [0.29, 0.717) is 13.0 Å². The molecule has 24 heavy (non-hydrogen) atoms. The summed E-state index contributed by atoms with van der Waals surface area (Å²) < 4.78 is 1.64. The van der Waals surface area contributed by atoms with Crippen LogP contribution in [0.4, 0.5) is 0 Å². The third-order valence-electron chi connectivity index (χ3n) is 4.62. The molecule has 1 saturated heterocycles. The highest BCUT2D eigenvalue weighted by Gasteiger charge is 2.42. The van der Waals surface area contributed by atoms with E-state index in [9.17, 15) is 14.7 Å². The van der Waals surface area contributed by atoms with Crippen molar-refractivity contribution in [1.82, 2.24) is 19.7 Å². The van der Waals surface area contributed by atoms with E-state index >= 15 is 0 Å². The first-order valence-corrected chi connectivity index (χ1v) is 7.89. The first-order chi connectivity index (χ1) is 11.5. The summed E-state index contributed by atoms with van der Waals surface area (Å²) in [5.41, 5.74) is 2.49. The molecule has 1 aliphatic rings. The Bertz CT molecular complexity index is 771. The van der Waals surface area contributed by atoms with Crippen molar-refractivity contribution < 1.29 is 14.7 Å². The van der Waals surface area contributed by atoms with Gasteiger partial charge in [-0.3, -0.25) is 19.3 Å². The third-order valence-corrected chi connectivity index (χ3v) is 4.62. The number of carbonyl (C=O) groups is 2. The molecule has 1 aliphatic heterocycles. The Hall–Kier alpha value is -2.70. The molecule has 0 bridgehead atoms. The molecule has 7 nitrogen and oxygen atoms in total. The molecule has 0 radical (unpaired) electrons. The van der Waals surface area contributed by atoms with Crippen LogP contribution in [0, 0.1) is 12.8 Å². The van der Waals surface area contributed by atoms with Crippen LogP contribution in [-0.2, 0) is 23.2 Å². The maximum absolute atomic E-state index is 12.6. The average molecular weight is 328 g/mol. The van der Waals surface area contributed by atoms with Crippen molar-refractivity contribution >= 4 is 11.9 Å². The minimum atomic E-state index is -0.892. The van der Waals surface area contributed by atoms with Crippen molar-refractivity contribution in [3.63, 3.8) is 0 Å². The van der Waals surface area contributed by atoms with E-state index in [-0.39, 0.29) is 12.3 Å². The molecule has 0 spiro atoms. The van der Waals surface area contributed by atoms with E-state index in [1.807, 2.05) is 19.1 Å². The van der Waals surface area contributed by atoms with Crippen LogP contribution >= 0.6 is 0 Å². The number of piperidine rings is 1. The van der Waals surface area contributed by atoms with Gasteiger partial charge in [0.25, 0.3) is 0 Å². The van der Waals surface area contributed by atoms with Crippen molar-refractivity contribution in [3.05, 3.63) is 47.5 Å². The smallest absolute Gasteiger partial charge is 0.309 e. The molecule has 1 fully saturated rings. The fourth-order valence-corrected chi connectivity index (χ4v) is 3.28. The van der Waals surface area contributed by atoms with Gasteiger partial charge in [-0.2, -0.15) is 5.10 Å². The molecule has 2 aromatic rings.